The summed E-state index contributed by atoms with van der Waals surface area (Å²) in [6.07, 6.45) is 10.3. The van der Waals surface area contributed by atoms with Crippen molar-refractivity contribution >= 4 is 21.8 Å². The molecular weight excluding hydrogens is 386 g/mol. The Balaban J connectivity index is 1.78. The Morgan fingerprint density at radius 2 is 1.44 bits per heavy atom. The van der Waals surface area contributed by atoms with E-state index in [0.717, 1.165) is 0 Å². The second-order valence-corrected chi connectivity index (χ2v) is 8.28. The molecule has 0 radical (unpaired) electrons. The number of hydrogen-bond donors (Lipinski definition) is 1. The topological polar surface area (TPSA) is 15.8 Å². The second kappa shape index (κ2) is 7.25. The first kappa shape index (κ1) is 18.7. The molecule has 32 heavy (non-hydrogen) atoms. The van der Waals surface area contributed by atoms with Crippen LogP contribution in [0.25, 0.3) is 32.9 Å². The summed E-state index contributed by atoms with van der Waals surface area (Å²) < 4.78 is 0. The highest BCUT2D eigenvalue weighted by Crippen LogP contribution is 2.56. The number of rotatable bonds is 4. The van der Waals surface area contributed by atoms with Crippen molar-refractivity contribution < 1.29 is 0 Å². The normalized spacial score (nSPS) is 17.4. The highest BCUT2D eigenvalue weighted by Gasteiger charge is 2.43. The van der Waals surface area contributed by atoms with Crippen molar-refractivity contribution in [3.8, 4) is 11.1 Å². The van der Waals surface area contributed by atoms with Gasteiger partial charge in [-0.15, -0.1) is 0 Å². The van der Waals surface area contributed by atoms with Gasteiger partial charge in [0.25, 0.3) is 0 Å². The van der Waals surface area contributed by atoms with E-state index in [0.29, 0.717) is 0 Å². The maximum atomic E-state index is 3.81. The predicted molar refractivity (Wildman–Crippen MR) is 136 cm³/mol. The number of allylic oxidation sites excluding steroid dienone is 5. The molecule has 1 aliphatic carbocycles. The first-order valence-electron chi connectivity index (χ1n) is 11.0. The average Bonchev–Trinajstić information content (AvgIpc) is 3.36. The van der Waals surface area contributed by atoms with E-state index >= 15 is 0 Å². The maximum Gasteiger partial charge on any atom is 0.0647 e. The van der Waals surface area contributed by atoms with E-state index in [1.807, 2.05) is 12.2 Å². The van der Waals surface area contributed by atoms with Gasteiger partial charge in [0.15, 0.2) is 0 Å². The number of para-hydroxylation sites is 1. The molecular formula is C31H23N. The van der Waals surface area contributed by atoms with Gasteiger partial charge in [-0.1, -0.05) is 116 Å². The van der Waals surface area contributed by atoms with Gasteiger partial charge in [-0.25, -0.2) is 0 Å². The van der Waals surface area contributed by atoms with E-state index in [1.165, 1.54) is 49.6 Å². The van der Waals surface area contributed by atoms with Crippen molar-refractivity contribution in [2.45, 2.75) is 5.41 Å². The van der Waals surface area contributed by atoms with Gasteiger partial charge in [0.1, 0.15) is 0 Å². The van der Waals surface area contributed by atoms with Crippen molar-refractivity contribution in [3.63, 3.8) is 0 Å². The minimum absolute atomic E-state index is 0.356. The fourth-order valence-corrected chi connectivity index (χ4v) is 5.37. The van der Waals surface area contributed by atoms with Crippen LogP contribution in [0.4, 0.5) is 0 Å². The molecule has 0 bridgehead atoms. The number of nitrogens with one attached hydrogen (secondary N) is 1. The van der Waals surface area contributed by atoms with E-state index < -0.39 is 0 Å². The standard InChI is InChI=1S/C31H23N/c1-2-3-4-12-21-31(22-13-6-5-7-14-22)25-17-10-8-15-23(25)29-26(31)19-20-28-30(29)24-16-9-11-18-27(24)32-28/h2-21,32H,1H2/b4-3-,21-12?. The molecule has 0 saturated carbocycles. The largest absolute Gasteiger partial charge is 0.354 e. The zero-order chi connectivity index (χ0) is 21.5. The zero-order valence-corrected chi connectivity index (χ0v) is 17.8. The van der Waals surface area contributed by atoms with Crippen LogP contribution >= 0.6 is 0 Å². The molecule has 0 saturated heterocycles. The lowest BCUT2D eigenvalue weighted by Crippen LogP contribution is -2.24. The monoisotopic (exact) mass is 409 g/mol. The lowest BCUT2D eigenvalue weighted by Gasteiger charge is -2.29. The van der Waals surface area contributed by atoms with Gasteiger partial charge in [0.2, 0.25) is 0 Å². The van der Waals surface area contributed by atoms with Crippen molar-refractivity contribution in [1.82, 2.24) is 4.98 Å². The van der Waals surface area contributed by atoms with Crippen LogP contribution in [-0.4, -0.2) is 4.98 Å². The fraction of sp³-hybridized carbons (Fsp3) is 0.0323. The van der Waals surface area contributed by atoms with Crippen LogP contribution in [0.2, 0.25) is 0 Å². The Morgan fingerprint density at radius 1 is 0.656 bits per heavy atom. The highest BCUT2D eigenvalue weighted by molar-refractivity contribution is 6.16. The van der Waals surface area contributed by atoms with Crippen molar-refractivity contribution in [3.05, 3.63) is 145 Å². The minimum Gasteiger partial charge on any atom is -0.354 e. The van der Waals surface area contributed by atoms with E-state index in [-0.39, 0.29) is 5.41 Å². The van der Waals surface area contributed by atoms with Crippen molar-refractivity contribution in [2.75, 3.05) is 0 Å². The summed E-state index contributed by atoms with van der Waals surface area (Å²) in [5.74, 6) is 0. The lowest BCUT2D eigenvalue weighted by atomic mass is 9.72. The molecule has 0 amide bonds. The van der Waals surface area contributed by atoms with Crippen LogP contribution in [0, 0.1) is 0 Å². The molecule has 1 nitrogen and oxygen atoms in total. The molecule has 0 spiro atoms. The third kappa shape index (κ3) is 2.52. The van der Waals surface area contributed by atoms with Crippen LogP contribution in [0.3, 0.4) is 0 Å². The molecule has 4 aromatic carbocycles. The van der Waals surface area contributed by atoms with Gasteiger partial charge in [-0.3, -0.25) is 0 Å². The van der Waals surface area contributed by atoms with E-state index in [2.05, 4.69) is 121 Å². The third-order valence-electron chi connectivity index (χ3n) is 6.65. The number of benzene rings is 4. The van der Waals surface area contributed by atoms with Crippen LogP contribution in [-0.2, 0) is 5.41 Å². The van der Waals surface area contributed by atoms with Crippen LogP contribution in [0.5, 0.6) is 0 Å². The first-order valence-corrected chi connectivity index (χ1v) is 11.0. The summed E-state index contributed by atoms with van der Waals surface area (Å²) in [6, 6.07) is 32.9. The lowest BCUT2D eigenvalue weighted by molar-refractivity contribution is 0.805. The molecule has 1 heteroatoms. The molecule has 5 aromatic rings. The number of hydrogen-bond acceptors (Lipinski definition) is 0. The van der Waals surface area contributed by atoms with E-state index in [4.69, 9.17) is 0 Å². The molecule has 1 unspecified atom stereocenters. The van der Waals surface area contributed by atoms with Crippen LogP contribution in [0.1, 0.15) is 16.7 Å². The number of H-pyrrole nitrogens is 1. The SMILES string of the molecule is C=C/C=C\C=CC1(c2ccccc2)c2ccccc2-c2c1ccc1[nH]c3ccccc3c21. The zero-order valence-electron chi connectivity index (χ0n) is 17.8. The van der Waals surface area contributed by atoms with Crippen LogP contribution in [0.15, 0.2) is 128 Å². The minimum atomic E-state index is -0.356. The summed E-state index contributed by atoms with van der Waals surface area (Å²) in [4.78, 5) is 3.63. The van der Waals surface area contributed by atoms with Gasteiger partial charge < -0.3 is 4.98 Å². The van der Waals surface area contributed by atoms with Crippen molar-refractivity contribution in [1.29, 1.82) is 0 Å². The fourth-order valence-electron chi connectivity index (χ4n) is 5.37. The Bertz CT molecular complexity index is 1530. The smallest absolute Gasteiger partial charge is 0.0647 e. The Hall–Kier alpha value is -4.10. The molecule has 1 aromatic heterocycles. The molecule has 152 valence electrons. The summed E-state index contributed by atoms with van der Waals surface area (Å²) in [6.45, 7) is 3.81. The number of fused-ring (bicyclic) bond motifs is 7. The average molecular weight is 410 g/mol. The second-order valence-electron chi connectivity index (χ2n) is 8.28. The first-order chi connectivity index (χ1) is 15.8. The molecule has 1 heterocycles. The van der Waals surface area contributed by atoms with Crippen LogP contribution < -0.4 is 0 Å². The summed E-state index contributed by atoms with van der Waals surface area (Å²) in [5, 5.41) is 2.58. The predicted octanol–water partition coefficient (Wildman–Crippen LogP) is 7.93. The summed E-state index contributed by atoms with van der Waals surface area (Å²) >= 11 is 0. The van der Waals surface area contributed by atoms with Gasteiger partial charge in [0.05, 0.1) is 5.41 Å². The highest BCUT2D eigenvalue weighted by atomic mass is 14.7. The molecule has 1 N–H and O–H groups in total. The number of aromatic nitrogens is 1. The van der Waals surface area contributed by atoms with Crippen molar-refractivity contribution in [2.24, 2.45) is 0 Å². The third-order valence-corrected chi connectivity index (χ3v) is 6.65. The quantitative estimate of drug-likeness (QED) is 0.290. The maximum absolute atomic E-state index is 3.81. The van der Waals surface area contributed by atoms with Gasteiger partial charge in [-0.2, -0.15) is 0 Å². The summed E-state index contributed by atoms with van der Waals surface area (Å²) in [7, 11) is 0. The van der Waals surface area contributed by atoms with Gasteiger partial charge >= 0.3 is 0 Å². The van der Waals surface area contributed by atoms with Gasteiger partial charge in [0, 0.05) is 21.8 Å². The Labute approximate surface area is 188 Å². The molecule has 0 fully saturated rings. The molecule has 0 aliphatic heterocycles. The van der Waals surface area contributed by atoms with E-state index in [9.17, 15) is 0 Å². The Kier molecular flexibility index (Phi) is 4.22. The molecule has 1 atom stereocenters. The Morgan fingerprint density at radius 3 is 2.31 bits per heavy atom. The van der Waals surface area contributed by atoms with E-state index in [1.54, 1.807) is 0 Å². The summed E-state index contributed by atoms with van der Waals surface area (Å²) in [5.41, 5.74) is 8.55. The number of aromatic amines is 1. The van der Waals surface area contributed by atoms with Gasteiger partial charge in [-0.05, 0) is 39.9 Å². The molecule has 1 aliphatic rings. The molecule has 6 rings (SSSR count).